The van der Waals surface area contributed by atoms with Crippen molar-refractivity contribution in [1.82, 2.24) is 9.62 Å². The molecule has 12 heavy (non-hydrogen) atoms. The third-order valence-electron chi connectivity index (χ3n) is 2.28. The fourth-order valence-corrected chi connectivity index (χ4v) is 2.25. The summed E-state index contributed by atoms with van der Waals surface area (Å²) < 4.78 is 2.44. The lowest BCUT2D eigenvalue weighted by Gasteiger charge is -2.31. The van der Waals surface area contributed by atoms with Crippen molar-refractivity contribution in [3.05, 3.63) is 0 Å². The second kappa shape index (κ2) is 5.10. The third kappa shape index (κ3) is 3.33. The smallest absolute Gasteiger partial charge is 0.0104 e. The molecule has 0 atom stereocenters. The Bertz CT molecular complexity index is 120. The van der Waals surface area contributed by atoms with Crippen molar-refractivity contribution < 1.29 is 0 Å². The summed E-state index contributed by atoms with van der Waals surface area (Å²) in [4.78, 5) is 0. The van der Waals surface area contributed by atoms with Crippen molar-refractivity contribution in [3.63, 3.8) is 0 Å². The van der Waals surface area contributed by atoms with Crippen LogP contribution in [0, 0.1) is 0 Å². The minimum atomic E-state index is 0.635. The summed E-state index contributed by atoms with van der Waals surface area (Å²) in [7, 11) is 0. The van der Waals surface area contributed by atoms with Gasteiger partial charge in [0, 0.05) is 25.2 Å². The molecular weight excluding hydrogens is 168 g/mol. The van der Waals surface area contributed by atoms with E-state index in [4.69, 9.17) is 0 Å². The number of rotatable bonds is 3. The van der Waals surface area contributed by atoms with Crippen molar-refractivity contribution in [2.24, 2.45) is 0 Å². The van der Waals surface area contributed by atoms with E-state index in [1.165, 1.54) is 25.9 Å². The van der Waals surface area contributed by atoms with Gasteiger partial charge in [-0.05, 0) is 19.1 Å². The minimum absolute atomic E-state index is 0.635. The topological polar surface area (TPSA) is 15.3 Å². The first kappa shape index (κ1) is 10.4. The van der Waals surface area contributed by atoms with E-state index < -0.39 is 0 Å². The highest BCUT2D eigenvalue weighted by Gasteiger charge is 2.18. The molecule has 0 amide bonds. The van der Waals surface area contributed by atoms with E-state index in [2.05, 4.69) is 29.7 Å². The molecule has 0 aromatic heterocycles. The molecule has 1 aliphatic rings. The molecular formula is C9H20N2S. The van der Waals surface area contributed by atoms with Crippen molar-refractivity contribution in [2.45, 2.75) is 38.8 Å². The fourth-order valence-electron chi connectivity index (χ4n) is 1.68. The zero-order chi connectivity index (χ0) is 8.97. The Hall–Kier alpha value is 0.270. The molecule has 1 saturated heterocycles. The molecule has 3 heteroatoms. The first-order valence-corrected chi connectivity index (χ1v) is 5.95. The van der Waals surface area contributed by atoms with Gasteiger partial charge in [0.2, 0.25) is 0 Å². The number of hydrogen-bond acceptors (Lipinski definition) is 3. The average Bonchev–Trinajstić information content (AvgIpc) is 2.05. The van der Waals surface area contributed by atoms with Gasteiger partial charge >= 0.3 is 0 Å². The van der Waals surface area contributed by atoms with Crippen LogP contribution in [0.4, 0.5) is 0 Å². The monoisotopic (exact) mass is 188 g/mol. The summed E-state index contributed by atoms with van der Waals surface area (Å²) in [6.45, 7) is 6.93. The average molecular weight is 188 g/mol. The van der Waals surface area contributed by atoms with Crippen LogP contribution in [0.1, 0.15) is 26.7 Å². The Morgan fingerprint density at radius 1 is 1.33 bits per heavy atom. The van der Waals surface area contributed by atoms with E-state index in [1.807, 2.05) is 11.9 Å². The Balaban J connectivity index is 2.17. The molecule has 1 rings (SSSR count). The van der Waals surface area contributed by atoms with Gasteiger partial charge in [-0.15, -0.1) is 0 Å². The van der Waals surface area contributed by atoms with Gasteiger partial charge < -0.3 is 5.32 Å². The molecule has 0 saturated carbocycles. The predicted molar refractivity (Wildman–Crippen MR) is 56.4 cm³/mol. The predicted octanol–water partition coefficient (Wildman–Crippen LogP) is 1.73. The summed E-state index contributed by atoms with van der Waals surface area (Å²) in [5, 5.41) is 3.59. The maximum Gasteiger partial charge on any atom is 0.0104 e. The molecule has 1 fully saturated rings. The molecule has 0 unspecified atom stereocenters. The number of nitrogens with one attached hydrogen (secondary N) is 1. The summed E-state index contributed by atoms with van der Waals surface area (Å²) in [6, 6.07) is 1.39. The first-order chi connectivity index (χ1) is 5.72. The standard InChI is InChI=1S/C9H20N2S/c1-8(2)10-9-4-6-11(12-3)7-5-9/h8-10H,4-7H2,1-3H3. The Morgan fingerprint density at radius 2 is 1.92 bits per heavy atom. The van der Waals surface area contributed by atoms with Crippen LogP contribution in [-0.2, 0) is 0 Å². The Kier molecular flexibility index (Phi) is 4.40. The summed E-state index contributed by atoms with van der Waals surface area (Å²) in [5.41, 5.74) is 0. The van der Waals surface area contributed by atoms with Gasteiger partial charge in [0.1, 0.15) is 0 Å². The van der Waals surface area contributed by atoms with E-state index in [-0.39, 0.29) is 0 Å². The number of hydrogen-bond donors (Lipinski definition) is 1. The maximum atomic E-state index is 3.59. The van der Waals surface area contributed by atoms with Gasteiger partial charge in [0.05, 0.1) is 0 Å². The van der Waals surface area contributed by atoms with E-state index in [0.717, 1.165) is 6.04 Å². The zero-order valence-electron chi connectivity index (χ0n) is 8.34. The van der Waals surface area contributed by atoms with Gasteiger partial charge in [-0.1, -0.05) is 25.8 Å². The molecule has 0 aromatic carbocycles. The summed E-state index contributed by atoms with van der Waals surface area (Å²) >= 11 is 1.87. The molecule has 0 spiro atoms. The van der Waals surface area contributed by atoms with E-state index >= 15 is 0 Å². The highest BCUT2D eigenvalue weighted by Crippen LogP contribution is 2.16. The normalized spacial score (nSPS) is 22.0. The van der Waals surface area contributed by atoms with Crippen molar-refractivity contribution in [2.75, 3.05) is 19.3 Å². The first-order valence-electron chi connectivity index (χ1n) is 4.77. The van der Waals surface area contributed by atoms with Gasteiger partial charge in [0.25, 0.3) is 0 Å². The van der Waals surface area contributed by atoms with Gasteiger partial charge in [-0.2, -0.15) is 0 Å². The van der Waals surface area contributed by atoms with Crippen molar-refractivity contribution in [3.8, 4) is 0 Å². The summed E-state index contributed by atoms with van der Waals surface area (Å²) in [6.07, 6.45) is 4.77. The second-order valence-electron chi connectivity index (χ2n) is 3.71. The highest BCUT2D eigenvalue weighted by atomic mass is 32.2. The highest BCUT2D eigenvalue weighted by molar-refractivity contribution is 7.96. The van der Waals surface area contributed by atoms with E-state index in [0.29, 0.717) is 6.04 Å². The van der Waals surface area contributed by atoms with Crippen LogP contribution in [0.3, 0.4) is 0 Å². The molecule has 1 N–H and O–H groups in total. The lowest BCUT2D eigenvalue weighted by Crippen LogP contribution is -2.42. The Morgan fingerprint density at radius 3 is 2.33 bits per heavy atom. The minimum Gasteiger partial charge on any atom is -0.312 e. The second-order valence-corrected chi connectivity index (χ2v) is 4.59. The lowest BCUT2D eigenvalue weighted by atomic mass is 10.1. The van der Waals surface area contributed by atoms with Crippen LogP contribution in [-0.4, -0.2) is 35.7 Å². The van der Waals surface area contributed by atoms with Crippen molar-refractivity contribution in [1.29, 1.82) is 0 Å². The molecule has 72 valence electrons. The van der Waals surface area contributed by atoms with Crippen LogP contribution in [0.25, 0.3) is 0 Å². The SMILES string of the molecule is CSN1CCC(NC(C)C)CC1. The van der Waals surface area contributed by atoms with Crippen LogP contribution in [0.2, 0.25) is 0 Å². The molecule has 0 aromatic rings. The number of piperidine rings is 1. The van der Waals surface area contributed by atoms with Gasteiger partial charge in [0.15, 0.2) is 0 Å². The fraction of sp³-hybridized carbons (Fsp3) is 1.00. The van der Waals surface area contributed by atoms with E-state index in [9.17, 15) is 0 Å². The molecule has 2 nitrogen and oxygen atoms in total. The summed E-state index contributed by atoms with van der Waals surface area (Å²) in [5.74, 6) is 0. The van der Waals surface area contributed by atoms with Gasteiger partial charge in [-0.3, -0.25) is 4.31 Å². The molecule has 1 aliphatic heterocycles. The molecule has 1 heterocycles. The van der Waals surface area contributed by atoms with Gasteiger partial charge in [-0.25, -0.2) is 0 Å². The van der Waals surface area contributed by atoms with Crippen LogP contribution in [0.15, 0.2) is 0 Å². The molecule has 0 bridgehead atoms. The van der Waals surface area contributed by atoms with E-state index in [1.54, 1.807) is 0 Å². The zero-order valence-corrected chi connectivity index (χ0v) is 9.16. The van der Waals surface area contributed by atoms with Crippen LogP contribution >= 0.6 is 11.9 Å². The van der Waals surface area contributed by atoms with Crippen LogP contribution < -0.4 is 5.32 Å². The maximum absolute atomic E-state index is 3.59. The number of nitrogens with zero attached hydrogens (tertiary/aromatic N) is 1. The molecule has 0 aliphatic carbocycles. The van der Waals surface area contributed by atoms with Crippen LogP contribution in [0.5, 0.6) is 0 Å². The molecule has 0 radical (unpaired) electrons. The Labute approximate surface area is 80.2 Å². The van der Waals surface area contributed by atoms with Crippen molar-refractivity contribution >= 4 is 11.9 Å². The third-order valence-corrected chi connectivity index (χ3v) is 3.16. The quantitative estimate of drug-likeness (QED) is 0.679. The largest absolute Gasteiger partial charge is 0.312 e. The lowest BCUT2D eigenvalue weighted by molar-refractivity contribution is 0.296.